The fraction of sp³-hybridized carbons (Fsp3) is 0.860. The van der Waals surface area contributed by atoms with Crippen LogP contribution in [-0.2, 0) is 32.7 Å². The first-order valence-corrected chi connectivity index (χ1v) is 26.9. The van der Waals surface area contributed by atoms with Gasteiger partial charge in [-0.25, -0.2) is 9.36 Å². The highest BCUT2D eigenvalue weighted by atomic mass is 31.2. The van der Waals surface area contributed by atoms with Crippen LogP contribution in [0.1, 0.15) is 245 Å². The summed E-state index contributed by atoms with van der Waals surface area (Å²) in [6.07, 6.45) is 49.1. The summed E-state index contributed by atoms with van der Waals surface area (Å²) >= 11 is 0. The van der Waals surface area contributed by atoms with Crippen LogP contribution in [0.5, 0.6) is 0 Å². The average molecular weight is 900 g/mol. The lowest BCUT2D eigenvalue weighted by Crippen LogP contribution is -2.43. The Hall–Kier alpha value is -2.04. The minimum Gasteiger partial charge on any atom is -0.480 e. The number of hydrogen-bond donors (Lipinski definition) is 4. The number of nitrogens with one attached hydrogen (secondary N) is 1. The van der Waals surface area contributed by atoms with Gasteiger partial charge in [-0.1, -0.05) is 212 Å². The Morgan fingerprint density at radius 1 is 0.516 bits per heavy atom. The molecule has 0 radical (unpaired) electrons. The van der Waals surface area contributed by atoms with Crippen molar-refractivity contribution >= 4 is 25.7 Å². The largest absolute Gasteiger partial charge is 0.480 e. The number of unbranched alkanes of at least 4 members (excludes halogenated alkanes) is 30. The van der Waals surface area contributed by atoms with Crippen LogP contribution in [0.3, 0.4) is 0 Å². The zero-order valence-electron chi connectivity index (χ0n) is 39.7. The lowest BCUT2D eigenvalue weighted by Gasteiger charge is -2.18. The Balaban J connectivity index is 3.82. The third-order valence-electron chi connectivity index (χ3n) is 11.2. The average Bonchev–Trinajstić information content (AvgIpc) is 3.25. The summed E-state index contributed by atoms with van der Waals surface area (Å²) in [6.45, 7) is 2.61. The second-order valence-corrected chi connectivity index (χ2v) is 18.8. The molecule has 0 saturated heterocycles. The van der Waals surface area contributed by atoms with E-state index in [4.69, 9.17) is 13.8 Å². The molecule has 1 amide bonds. The number of carbonyl (C=O) groups excluding carboxylic acids is 2. The molecule has 0 aromatic rings. The highest BCUT2D eigenvalue weighted by Gasteiger charge is 2.28. The van der Waals surface area contributed by atoms with E-state index in [1.807, 2.05) is 0 Å². The van der Waals surface area contributed by atoms with Gasteiger partial charge in [0, 0.05) is 12.8 Å². The van der Waals surface area contributed by atoms with Crippen LogP contribution in [0.4, 0.5) is 0 Å². The lowest BCUT2D eigenvalue weighted by molar-refractivity contribution is -0.147. The number of amides is 1. The van der Waals surface area contributed by atoms with E-state index >= 15 is 0 Å². The predicted octanol–water partition coefficient (Wildman–Crippen LogP) is 13.8. The molecule has 4 N–H and O–H groups in total. The van der Waals surface area contributed by atoms with Gasteiger partial charge in [0.1, 0.15) is 12.7 Å². The topological polar surface area (TPSA) is 169 Å². The number of carbonyl (C=O) groups is 3. The second-order valence-electron chi connectivity index (χ2n) is 17.4. The zero-order chi connectivity index (χ0) is 45.6. The molecule has 12 heteroatoms. The van der Waals surface area contributed by atoms with E-state index in [1.54, 1.807) is 0 Å². The number of phosphoric ester groups is 1. The van der Waals surface area contributed by atoms with Gasteiger partial charge in [0.2, 0.25) is 5.91 Å². The Morgan fingerprint density at radius 2 is 0.887 bits per heavy atom. The summed E-state index contributed by atoms with van der Waals surface area (Å²) in [6, 6.07) is -1.54. The summed E-state index contributed by atoms with van der Waals surface area (Å²) in [5, 5.41) is 21.9. The molecule has 0 heterocycles. The fourth-order valence-corrected chi connectivity index (χ4v) is 8.06. The van der Waals surface area contributed by atoms with Crippen LogP contribution < -0.4 is 5.32 Å². The van der Waals surface area contributed by atoms with Crippen LogP contribution in [0.2, 0.25) is 0 Å². The Labute approximate surface area is 379 Å². The molecule has 0 bridgehead atoms. The highest BCUT2D eigenvalue weighted by molar-refractivity contribution is 7.47. The highest BCUT2D eigenvalue weighted by Crippen LogP contribution is 2.43. The van der Waals surface area contributed by atoms with Crippen molar-refractivity contribution in [2.75, 3.05) is 19.8 Å². The molecular weight excluding hydrogens is 806 g/mol. The van der Waals surface area contributed by atoms with E-state index in [1.165, 1.54) is 154 Å². The van der Waals surface area contributed by atoms with Crippen molar-refractivity contribution in [2.24, 2.45) is 0 Å². The van der Waals surface area contributed by atoms with Crippen LogP contribution >= 0.6 is 7.82 Å². The molecule has 11 nitrogen and oxygen atoms in total. The molecule has 364 valence electrons. The molecule has 0 aliphatic heterocycles. The number of aliphatic carboxylic acids is 1. The quantitative estimate of drug-likeness (QED) is 0.0200. The number of phosphoric acid groups is 1. The number of rotatable bonds is 48. The monoisotopic (exact) mass is 900 g/mol. The number of ether oxygens (including phenoxy) is 1. The molecule has 3 atom stereocenters. The molecule has 0 spiro atoms. The Bertz CT molecular complexity index is 1150. The Kier molecular flexibility index (Phi) is 44.0. The Morgan fingerprint density at radius 3 is 1.32 bits per heavy atom. The van der Waals surface area contributed by atoms with E-state index in [9.17, 15) is 34.1 Å². The second kappa shape index (κ2) is 45.5. The first-order valence-electron chi connectivity index (χ1n) is 25.4. The first-order chi connectivity index (χ1) is 30.1. The first kappa shape index (κ1) is 60.0. The number of aliphatic hydroxyl groups excluding tert-OH is 1. The van der Waals surface area contributed by atoms with Crippen molar-refractivity contribution in [1.29, 1.82) is 0 Å². The fourth-order valence-electron chi connectivity index (χ4n) is 7.29. The van der Waals surface area contributed by atoms with Gasteiger partial charge in [-0.2, -0.15) is 0 Å². The van der Waals surface area contributed by atoms with Gasteiger partial charge in [0.05, 0.1) is 13.2 Å². The third kappa shape index (κ3) is 44.6. The van der Waals surface area contributed by atoms with Crippen molar-refractivity contribution in [3.8, 4) is 0 Å². The van der Waals surface area contributed by atoms with Gasteiger partial charge in [-0.15, -0.1) is 0 Å². The van der Waals surface area contributed by atoms with E-state index in [0.717, 1.165) is 51.4 Å². The van der Waals surface area contributed by atoms with Gasteiger partial charge in [-0.05, 0) is 44.9 Å². The maximum atomic E-state index is 12.4. The van der Waals surface area contributed by atoms with Crippen molar-refractivity contribution in [3.63, 3.8) is 0 Å². The minimum atomic E-state index is -4.76. The van der Waals surface area contributed by atoms with Gasteiger partial charge in [0.25, 0.3) is 0 Å². The van der Waals surface area contributed by atoms with Gasteiger partial charge in [-0.3, -0.25) is 18.6 Å². The molecule has 0 aromatic carbocycles. The summed E-state index contributed by atoms with van der Waals surface area (Å²) in [5.74, 6) is -2.36. The maximum Gasteiger partial charge on any atom is 0.472 e. The lowest BCUT2D eigenvalue weighted by atomic mass is 10.0. The third-order valence-corrected chi connectivity index (χ3v) is 12.2. The van der Waals surface area contributed by atoms with Crippen LogP contribution in [0, 0.1) is 0 Å². The van der Waals surface area contributed by atoms with E-state index in [2.05, 4.69) is 43.5 Å². The summed E-state index contributed by atoms with van der Waals surface area (Å²) in [4.78, 5) is 46.1. The van der Waals surface area contributed by atoms with E-state index in [-0.39, 0.29) is 12.8 Å². The number of aliphatic hydroxyl groups is 1. The van der Waals surface area contributed by atoms with Crippen molar-refractivity contribution in [3.05, 3.63) is 24.3 Å². The predicted molar refractivity (Wildman–Crippen MR) is 254 cm³/mol. The van der Waals surface area contributed by atoms with Crippen LogP contribution in [0.25, 0.3) is 0 Å². The molecular formula is C50H94NO10P. The van der Waals surface area contributed by atoms with E-state index in [0.29, 0.717) is 12.8 Å². The molecule has 0 aromatic heterocycles. The van der Waals surface area contributed by atoms with Gasteiger partial charge >= 0.3 is 19.8 Å². The summed E-state index contributed by atoms with van der Waals surface area (Å²) in [5.41, 5.74) is 0. The number of esters is 1. The molecule has 3 unspecified atom stereocenters. The van der Waals surface area contributed by atoms with Crippen molar-refractivity contribution in [1.82, 2.24) is 5.32 Å². The number of carboxylic acids is 1. The van der Waals surface area contributed by atoms with Crippen molar-refractivity contribution < 1.29 is 47.8 Å². The normalized spacial score (nSPS) is 13.7. The smallest absolute Gasteiger partial charge is 0.472 e. The molecule has 0 aliphatic rings. The molecule has 0 aliphatic carbocycles. The number of allylic oxidation sites excluding steroid dienone is 4. The zero-order valence-corrected chi connectivity index (χ0v) is 40.6. The SMILES string of the molecule is CCCCCC/C=C\C/C=C\CCCCCCCCCC(=O)OCC(O)COP(=O)(O)OCC(NC(=O)CCCCCCCCCCCCCCCCCCCCCC)C(=O)O. The van der Waals surface area contributed by atoms with Crippen LogP contribution in [0.15, 0.2) is 24.3 Å². The minimum absolute atomic E-state index is 0.150. The van der Waals surface area contributed by atoms with Crippen LogP contribution in [-0.4, -0.2) is 64.9 Å². The number of carboxylic acid groups (broad SMARTS) is 1. The molecule has 0 saturated carbocycles. The van der Waals surface area contributed by atoms with E-state index < -0.39 is 57.6 Å². The van der Waals surface area contributed by atoms with Crippen molar-refractivity contribution in [2.45, 2.75) is 257 Å². The van der Waals surface area contributed by atoms with Gasteiger partial charge in [0.15, 0.2) is 6.04 Å². The standard InChI is InChI=1S/C50H94NO10P/c1-3-5-7-9-11-13-15-17-19-21-23-24-25-27-29-31-33-35-37-39-41-48(53)51-47(50(55)56)45-61-62(57,58)60-44-46(52)43-59-49(54)42-40-38-36-34-32-30-28-26-22-20-18-16-14-12-10-8-6-4-2/h14,16,20,22,46-47,52H,3-13,15,17-19,21,23-45H2,1-2H3,(H,51,53)(H,55,56)(H,57,58)/b16-14-,22-20-. The van der Waals surface area contributed by atoms with Gasteiger partial charge < -0.3 is 25.2 Å². The molecule has 0 rings (SSSR count). The maximum absolute atomic E-state index is 12.4. The molecule has 0 fully saturated rings. The summed E-state index contributed by atoms with van der Waals surface area (Å²) < 4.78 is 26.9. The summed E-state index contributed by atoms with van der Waals surface area (Å²) in [7, 11) is -4.76. The number of hydrogen-bond acceptors (Lipinski definition) is 8. The molecule has 62 heavy (non-hydrogen) atoms.